The van der Waals surface area contributed by atoms with Crippen LogP contribution in [0.4, 0.5) is 11.6 Å². The van der Waals surface area contributed by atoms with Gasteiger partial charge >= 0.3 is 0 Å². The first-order valence-electron chi connectivity index (χ1n) is 11.4. The molecule has 1 unspecified atom stereocenters. The number of hydrogen-bond donors (Lipinski definition) is 3. The molecule has 33 heavy (non-hydrogen) atoms. The number of aromatic nitrogens is 5. The monoisotopic (exact) mass is 439 g/mol. The number of H-pyrrole nitrogens is 1. The highest BCUT2D eigenvalue weighted by Gasteiger charge is 2.27. The molecule has 6 rings (SSSR count). The average Bonchev–Trinajstić information content (AvgIpc) is 3.30. The lowest BCUT2D eigenvalue weighted by Gasteiger charge is -2.09. The van der Waals surface area contributed by atoms with Gasteiger partial charge in [0.15, 0.2) is 5.82 Å². The topological polar surface area (TPSA) is 101 Å². The molecule has 1 fully saturated rings. The van der Waals surface area contributed by atoms with E-state index in [1.165, 1.54) is 12.8 Å². The number of aromatic amines is 1. The molecule has 1 aliphatic carbocycles. The van der Waals surface area contributed by atoms with Gasteiger partial charge in [0.05, 0.1) is 17.9 Å². The highest BCUT2D eigenvalue weighted by molar-refractivity contribution is 5.99. The Balaban J connectivity index is 1.25. The Bertz CT molecular complexity index is 1350. The maximum atomic E-state index is 12.0. The van der Waals surface area contributed by atoms with E-state index in [9.17, 15) is 4.79 Å². The fraction of sp³-hybridized carbons (Fsp3) is 0.280. The summed E-state index contributed by atoms with van der Waals surface area (Å²) in [6.07, 6.45) is 4.37. The Morgan fingerprint density at radius 2 is 1.91 bits per heavy atom. The van der Waals surface area contributed by atoms with E-state index in [0.29, 0.717) is 24.2 Å². The Morgan fingerprint density at radius 3 is 2.67 bits per heavy atom. The van der Waals surface area contributed by atoms with Crippen LogP contribution in [0.3, 0.4) is 0 Å². The van der Waals surface area contributed by atoms with E-state index in [1.54, 1.807) is 0 Å². The van der Waals surface area contributed by atoms with Crippen LogP contribution >= 0.6 is 0 Å². The number of benzene rings is 2. The minimum absolute atomic E-state index is 0.00240. The van der Waals surface area contributed by atoms with Crippen molar-refractivity contribution < 1.29 is 4.79 Å². The van der Waals surface area contributed by atoms with E-state index in [2.05, 4.69) is 37.8 Å². The van der Waals surface area contributed by atoms with Crippen LogP contribution < -0.4 is 10.6 Å². The highest BCUT2D eigenvalue weighted by atomic mass is 16.2. The molecule has 0 saturated heterocycles. The van der Waals surface area contributed by atoms with Gasteiger partial charge in [-0.1, -0.05) is 24.3 Å². The van der Waals surface area contributed by atoms with Crippen molar-refractivity contribution in [3.63, 3.8) is 0 Å². The lowest BCUT2D eigenvalue weighted by molar-refractivity contribution is 0.0958. The molecule has 1 atom stereocenters. The zero-order valence-electron chi connectivity index (χ0n) is 18.6. The molecule has 4 aromatic rings. The van der Waals surface area contributed by atoms with Gasteiger partial charge in [-0.25, -0.2) is 9.67 Å². The van der Waals surface area contributed by atoms with Gasteiger partial charge in [-0.3, -0.25) is 4.79 Å². The number of hydrogen-bond acceptors (Lipinski definition) is 5. The smallest absolute Gasteiger partial charge is 0.252 e. The number of amides is 1. The predicted octanol–water partition coefficient (Wildman–Crippen LogP) is 4.78. The largest absolute Gasteiger partial charge is 0.345 e. The van der Waals surface area contributed by atoms with Gasteiger partial charge in [-0.15, -0.1) is 5.10 Å². The number of imidazole rings is 1. The summed E-state index contributed by atoms with van der Waals surface area (Å²) < 4.78 is 1.85. The third-order valence-corrected chi connectivity index (χ3v) is 6.35. The van der Waals surface area contributed by atoms with Gasteiger partial charge in [0.2, 0.25) is 5.95 Å². The molecule has 3 N–H and O–H groups in total. The standard InChI is InChI=1S/C25H25N7O/c1-3-32-25(28-18-10-11-19-20(12-18)14(2)27-24(19)33)30-23(31-32)17-6-4-15(5-7-17)21-13-26-22(29-21)16-8-9-16/h4-7,10-14,16H,3,8-9H2,1-2H3,(H,26,29)(H,27,33)(H,28,30,31). The molecular formula is C25H25N7O. The second-order valence-electron chi connectivity index (χ2n) is 8.73. The van der Waals surface area contributed by atoms with E-state index in [1.807, 2.05) is 55.1 Å². The number of rotatable bonds is 6. The number of carbonyl (C=O) groups excluding carboxylic acids is 1. The van der Waals surface area contributed by atoms with Crippen LogP contribution in [0.5, 0.6) is 0 Å². The Hall–Kier alpha value is -3.94. The Labute approximate surface area is 191 Å². The second-order valence-corrected chi connectivity index (χ2v) is 8.73. The summed E-state index contributed by atoms with van der Waals surface area (Å²) in [5, 5.41) is 11.0. The summed E-state index contributed by atoms with van der Waals surface area (Å²) in [7, 11) is 0. The highest BCUT2D eigenvalue weighted by Crippen LogP contribution is 2.39. The molecule has 2 aromatic heterocycles. The van der Waals surface area contributed by atoms with Crippen molar-refractivity contribution in [2.24, 2.45) is 0 Å². The van der Waals surface area contributed by atoms with E-state index < -0.39 is 0 Å². The fourth-order valence-corrected chi connectivity index (χ4v) is 4.31. The van der Waals surface area contributed by atoms with Crippen LogP contribution in [-0.4, -0.2) is 30.6 Å². The maximum Gasteiger partial charge on any atom is 0.252 e. The van der Waals surface area contributed by atoms with Crippen LogP contribution in [0.25, 0.3) is 22.6 Å². The third kappa shape index (κ3) is 3.57. The van der Waals surface area contributed by atoms with Crippen molar-refractivity contribution in [3.05, 3.63) is 65.6 Å². The lowest BCUT2D eigenvalue weighted by atomic mass is 10.1. The normalized spacial score (nSPS) is 17.2. The number of nitrogens with one attached hydrogen (secondary N) is 3. The van der Waals surface area contributed by atoms with Crippen molar-refractivity contribution in [1.82, 2.24) is 30.0 Å². The van der Waals surface area contributed by atoms with Crippen molar-refractivity contribution in [2.45, 2.75) is 45.2 Å². The molecule has 1 saturated carbocycles. The number of nitrogens with zero attached hydrogens (tertiary/aromatic N) is 4. The van der Waals surface area contributed by atoms with E-state index in [-0.39, 0.29) is 11.9 Å². The van der Waals surface area contributed by atoms with Crippen molar-refractivity contribution >= 4 is 17.5 Å². The van der Waals surface area contributed by atoms with Crippen LogP contribution in [0.15, 0.2) is 48.7 Å². The summed E-state index contributed by atoms with van der Waals surface area (Å²) in [6, 6.07) is 14.0. The fourth-order valence-electron chi connectivity index (χ4n) is 4.31. The molecule has 2 aliphatic rings. The molecule has 2 aromatic carbocycles. The van der Waals surface area contributed by atoms with E-state index >= 15 is 0 Å². The van der Waals surface area contributed by atoms with Gasteiger partial charge in [-0.05, 0) is 56.0 Å². The molecule has 0 radical (unpaired) electrons. The zero-order valence-corrected chi connectivity index (χ0v) is 18.6. The first-order chi connectivity index (χ1) is 16.1. The first kappa shape index (κ1) is 19.7. The molecule has 166 valence electrons. The van der Waals surface area contributed by atoms with Gasteiger partial charge in [0.25, 0.3) is 5.91 Å². The summed E-state index contributed by atoms with van der Waals surface area (Å²) in [4.78, 5) is 24.7. The number of anilines is 2. The Kier molecular flexibility index (Phi) is 4.53. The number of aryl methyl sites for hydroxylation is 1. The van der Waals surface area contributed by atoms with Crippen molar-refractivity contribution in [1.29, 1.82) is 0 Å². The molecular weight excluding hydrogens is 414 g/mol. The average molecular weight is 440 g/mol. The molecule has 8 nitrogen and oxygen atoms in total. The molecule has 1 aliphatic heterocycles. The van der Waals surface area contributed by atoms with Gasteiger partial charge in [0, 0.05) is 29.3 Å². The second kappa shape index (κ2) is 7.58. The minimum atomic E-state index is -0.0228. The van der Waals surface area contributed by atoms with E-state index in [4.69, 9.17) is 4.98 Å². The van der Waals surface area contributed by atoms with E-state index in [0.717, 1.165) is 39.5 Å². The summed E-state index contributed by atoms with van der Waals surface area (Å²) in [5.74, 6) is 3.01. The van der Waals surface area contributed by atoms with Crippen molar-refractivity contribution in [3.8, 4) is 22.6 Å². The molecule has 3 heterocycles. The quantitative estimate of drug-likeness (QED) is 0.401. The molecule has 1 amide bonds. The number of fused-ring (bicyclic) bond motifs is 1. The number of carbonyl (C=O) groups is 1. The van der Waals surface area contributed by atoms with Crippen LogP contribution in [0.1, 0.15) is 60.4 Å². The van der Waals surface area contributed by atoms with Crippen molar-refractivity contribution in [2.75, 3.05) is 5.32 Å². The van der Waals surface area contributed by atoms with Crippen LogP contribution in [0.2, 0.25) is 0 Å². The maximum absolute atomic E-state index is 12.0. The first-order valence-corrected chi connectivity index (χ1v) is 11.4. The minimum Gasteiger partial charge on any atom is -0.345 e. The van der Waals surface area contributed by atoms with Gasteiger partial charge in [-0.2, -0.15) is 4.98 Å². The molecule has 0 bridgehead atoms. The molecule has 8 heteroatoms. The summed E-state index contributed by atoms with van der Waals surface area (Å²) in [6.45, 7) is 4.71. The lowest BCUT2D eigenvalue weighted by Crippen LogP contribution is -2.16. The zero-order chi connectivity index (χ0) is 22.5. The molecule has 0 spiro atoms. The summed E-state index contributed by atoms with van der Waals surface area (Å²) in [5.41, 5.74) is 5.69. The Morgan fingerprint density at radius 1 is 1.12 bits per heavy atom. The van der Waals surface area contributed by atoms with Gasteiger partial charge in [0.1, 0.15) is 5.82 Å². The van der Waals surface area contributed by atoms with Gasteiger partial charge < -0.3 is 15.6 Å². The van der Waals surface area contributed by atoms with Crippen LogP contribution in [0, 0.1) is 0 Å². The van der Waals surface area contributed by atoms with Crippen LogP contribution in [-0.2, 0) is 6.54 Å². The predicted molar refractivity (Wildman–Crippen MR) is 126 cm³/mol. The third-order valence-electron chi connectivity index (χ3n) is 6.35. The SMILES string of the molecule is CCn1nc(-c2ccc(-c3cnc(C4CC4)[nH]3)cc2)nc1Nc1ccc2c(c1)C(C)NC2=O. The summed E-state index contributed by atoms with van der Waals surface area (Å²) >= 11 is 0.